The first-order valence-electron chi connectivity index (χ1n) is 9.80. The van der Waals surface area contributed by atoms with Gasteiger partial charge in [0.1, 0.15) is 0 Å². The van der Waals surface area contributed by atoms with Crippen LogP contribution < -0.4 is 14.8 Å². The SMILES string of the molecule is CCC(=O)[C@]1(Oc2cc(C3=NOC4(CCOC4)C3)ccc2OC(F)F)CCNC1. The first-order chi connectivity index (χ1) is 14.0. The van der Waals surface area contributed by atoms with Gasteiger partial charge in [-0.3, -0.25) is 4.79 Å². The normalized spacial score (nSPS) is 28.6. The zero-order valence-electron chi connectivity index (χ0n) is 16.2. The molecule has 1 spiro atoms. The van der Waals surface area contributed by atoms with Crippen LogP contribution in [0, 0.1) is 0 Å². The number of rotatable bonds is 7. The van der Waals surface area contributed by atoms with E-state index in [-0.39, 0.29) is 23.7 Å². The number of carbonyl (C=O) groups excluding carboxylic acids is 1. The third-order valence-electron chi connectivity index (χ3n) is 5.65. The van der Waals surface area contributed by atoms with Crippen LogP contribution in [0.25, 0.3) is 0 Å². The molecule has 1 N–H and O–H groups in total. The van der Waals surface area contributed by atoms with Gasteiger partial charge in [0.15, 0.2) is 28.5 Å². The van der Waals surface area contributed by atoms with Crippen LogP contribution in [0.15, 0.2) is 23.4 Å². The van der Waals surface area contributed by atoms with Gasteiger partial charge in [-0.1, -0.05) is 12.1 Å². The molecule has 0 radical (unpaired) electrons. The van der Waals surface area contributed by atoms with Gasteiger partial charge in [-0.25, -0.2) is 0 Å². The molecule has 2 fully saturated rings. The summed E-state index contributed by atoms with van der Waals surface area (Å²) in [5.74, 6) is -0.100. The molecule has 3 aliphatic heterocycles. The number of ether oxygens (including phenoxy) is 3. The lowest BCUT2D eigenvalue weighted by molar-refractivity contribution is -0.132. The lowest BCUT2D eigenvalue weighted by Crippen LogP contribution is -2.46. The van der Waals surface area contributed by atoms with Crippen LogP contribution in [0.4, 0.5) is 8.78 Å². The smallest absolute Gasteiger partial charge is 0.387 e. The summed E-state index contributed by atoms with van der Waals surface area (Å²) < 4.78 is 42.0. The number of halogens is 2. The molecule has 29 heavy (non-hydrogen) atoms. The zero-order valence-corrected chi connectivity index (χ0v) is 16.2. The molecular weight excluding hydrogens is 386 g/mol. The van der Waals surface area contributed by atoms with E-state index in [1.807, 2.05) is 0 Å². The van der Waals surface area contributed by atoms with E-state index in [1.54, 1.807) is 19.1 Å². The van der Waals surface area contributed by atoms with Crippen molar-refractivity contribution in [2.75, 3.05) is 26.3 Å². The van der Waals surface area contributed by atoms with E-state index < -0.39 is 17.8 Å². The second-order valence-corrected chi connectivity index (χ2v) is 7.63. The van der Waals surface area contributed by atoms with Crippen LogP contribution in [-0.2, 0) is 14.4 Å². The summed E-state index contributed by atoms with van der Waals surface area (Å²) in [4.78, 5) is 18.2. The summed E-state index contributed by atoms with van der Waals surface area (Å²) in [6, 6.07) is 4.66. The molecule has 3 aliphatic rings. The molecule has 0 bridgehead atoms. The highest BCUT2D eigenvalue weighted by atomic mass is 19.3. The quantitative estimate of drug-likeness (QED) is 0.745. The van der Waals surface area contributed by atoms with Gasteiger partial charge in [-0.05, 0) is 24.7 Å². The third-order valence-corrected chi connectivity index (χ3v) is 5.65. The van der Waals surface area contributed by atoms with E-state index in [0.717, 1.165) is 6.42 Å². The molecule has 1 aromatic carbocycles. The summed E-state index contributed by atoms with van der Waals surface area (Å²) in [5, 5.41) is 7.31. The number of oxime groups is 1. The Bertz CT molecular complexity index is 802. The predicted octanol–water partition coefficient (Wildman–Crippen LogP) is 2.66. The highest BCUT2D eigenvalue weighted by molar-refractivity contribution is 6.02. The van der Waals surface area contributed by atoms with Crippen LogP contribution in [0.2, 0.25) is 0 Å². The Kier molecular flexibility index (Phi) is 5.44. The van der Waals surface area contributed by atoms with Crippen molar-refractivity contribution in [3.05, 3.63) is 23.8 Å². The molecule has 9 heteroatoms. The summed E-state index contributed by atoms with van der Waals surface area (Å²) >= 11 is 0. The maximum Gasteiger partial charge on any atom is 0.387 e. The van der Waals surface area contributed by atoms with Crippen molar-refractivity contribution in [2.24, 2.45) is 5.16 Å². The fourth-order valence-corrected chi connectivity index (χ4v) is 4.02. The van der Waals surface area contributed by atoms with Crippen molar-refractivity contribution in [3.8, 4) is 11.5 Å². The minimum Gasteiger partial charge on any atom is -0.474 e. The van der Waals surface area contributed by atoms with Gasteiger partial charge in [-0.15, -0.1) is 0 Å². The van der Waals surface area contributed by atoms with Crippen molar-refractivity contribution in [3.63, 3.8) is 0 Å². The predicted molar refractivity (Wildman–Crippen MR) is 99.6 cm³/mol. The largest absolute Gasteiger partial charge is 0.474 e. The number of hydrogen-bond acceptors (Lipinski definition) is 7. The highest BCUT2D eigenvalue weighted by Gasteiger charge is 2.45. The Hall–Kier alpha value is -2.26. The molecule has 2 saturated heterocycles. The van der Waals surface area contributed by atoms with Crippen LogP contribution in [0.3, 0.4) is 0 Å². The number of nitrogens with zero attached hydrogens (tertiary/aromatic N) is 1. The number of Topliss-reactive ketones (excluding diaryl/α,β-unsaturated/α-hetero) is 1. The second kappa shape index (κ2) is 7.87. The lowest BCUT2D eigenvalue weighted by atomic mass is 9.93. The van der Waals surface area contributed by atoms with Gasteiger partial charge < -0.3 is 24.4 Å². The Morgan fingerprint density at radius 1 is 1.34 bits per heavy atom. The molecule has 0 amide bonds. The van der Waals surface area contributed by atoms with Crippen LogP contribution in [-0.4, -0.2) is 55.6 Å². The lowest BCUT2D eigenvalue weighted by Gasteiger charge is -2.29. The molecule has 158 valence electrons. The molecular formula is C20H24F2N2O5. The van der Waals surface area contributed by atoms with E-state index in [0.29, 0.717) is 50.4 Å². The highest BCUT2D eigenvalue weighted by Crippen LogP contribution is 2.38. The fourth-order valence-electron chi connectivity index (χ4n) is 4.02. The Balaban J connectivity index is 1.63. The van der Waals surface area contributed by atoms with E-state index in [9.17, 15) is 13.6 Å². The number of carbonyl (C=O) groups is 1. The van der Waals surface area contributed by atoms with E-state index >= 15 is 0 Å². The number of nitrogens with one attached hydrogen (secondary N) is 1. The maximum absolute atomic E-state index is 12.9. The summed E-state index contributed by atoms with van der Waals surface area (Å²) in [5.41, 5.74) is -0.189. The average Bonchev–Trinajstić information content (AvgIpc) is 3.45. The minimum atomic E-state index is -3.01. The first kappa shape index (κ1) is 20.0. The molecule has 0 aliphatic carbocycles. The molecule has 2 atom stereocenters. The first-order valence-corrected chi connectivity index (χ1v) is 9.80. The van der Waals surface area contributed by atoms with Gasteiger partial charge in [0, 0.05) is 37.8 Å². The molecule has 7 nitrogen and oxygen atoms in total. The number of ketones is 1. The molecule has 1 aromatic rings. The average molecular weight is 410 g/mol. The molecule has 4 rings (SSSR count). The van der Waals surface area contributed by atoms with Gasteiger partial charge in [-0.2, -0.15) is 8.78 Å². The van der Waals surface area contributed by atoms with Crippen molar-refractivity contribution >= 4 is 11.5 Å². The van der Waals surface area contributed by atoms with Gasteiger partial charge in [0.25, 0.3) is 0 Å². The third kappa shape index (κ3) is 3.93. The van der Waals surface area contributed by atoms with Gasteiger partial charge in [0.2, 0.25) is 0 Å². The zero-order chi connectivity index (χ0) is 20.5. The Labute approximate surface area is 167 Å². The topological polar surface area (TPSA) is 78.4 Å². The van der Waals surface area contributed by atoms with Crippen LogP contribution in [0.1, 0.15) is 38.2 Å². The number of alkyl halides is 2. The van der Waals surface area contributed by atoms with E-state index in [4.69, 9.17) is 14.3 Å². The Morgan fingerprint density at radius 2 is 2.21 bits per heavy atom. The van der Waals surface area contributed by atoms with E-state index in [2.05, 4.69) is 15.2 Å². The van der Waals surface area contributed by atoms with Crippen molar-refractivity contribution in [1.29, 1.82) is 0 Å². The van der Waals surface area contributed by atoms with Gasteiger partial charge in [0.05, 0.1) is 18.9 Å². The molecule has 0 saturated carbocycles. The minimum absolute atomic E-state index is 0.0838. The maximum atomic E-state index is 12.9. The summed E-state index contributed by atoms with van der Waals surface area (Å²) in [6.07, 6.45) is 2.05. The van der Waals surface area contributed by atoms with Crippen molar-refractivity contribution in [2.45, 2.75) is 50.4 Å². The fraction of sp³-hybridized carbons (Fsp3) is 0.600. The summed E-state index contributed by atoms with van der Waals surface area (Å²) in [7, 11) is 0. The summed E-state index contributed by atoms with van der Waals surface area (Å²) in [6.45, 7) is 0.769. The number of hydrogen-bond donors (Lipinski definition) is 1. The standard InChI is InChI=1S/C20H24F2N2O5/c1-2-17(25)20(5-7-23-11-20)28-16-9-13(3-4-15(16)27-18(21)22)14-10-19(29-24-14)6-8-26-12-19/h3-4,9,18,23H,2,5-8,10-12H2,1H3/t19?,20-/m0/s1. The van der Waals surface area contributed by atoms with E-state index in [1.165, 1.54) is 6.07 Å². The second-order valence-electron chi connectivity index (χ2n) is 7.63. The van der Waals surface area contributed by atoms with Gasteiger partial charge >= 0.3 is 6.61 Å². The van der Waals surface area contributed by atoms with Crippen molar-refractivity contribution in [1.82, 2.24) is 5.32 Å². The molecule has 0 aromatic heterocycles. The monoisotopic (exact) mass is 410 g/mol. The molecule has 3 heterocycles. The van der Waals surface area contributed by atoms with Crippen LogP contribution >= 0.6 is 0 Å². The van der Waals surface area contributed by atoms with Crippen LogP contribution in [0.5, 0.6) is 11.5 Å². The molecule has 1 unspecified atom stereocenters. The number of benzene rings is 1. The van der Waals surface area contributed by atoms with Crippen molar-refractivity contribution < 1.29 is 32.6 Å². The Morgan fingerprint density at radius 3 is 2.86 bits per heavy atom.